The Morgan fingerprint density at radius 1 is 0.780 bits per heavy atom. The zero-order chi connectivity index (χ0) is 36.6. The van der Waals surface area contributed by atoms with Crippen LogP contribution in [0.1, 0.15) is 18.9 Å². The van der Waals surface area contributed by atoms with Gasteiger partial charge in [-0.25, -0.2) is 17.2 Å². The van der Waals surface area contributed by atoms with E-state index in [1.165, 1.54) is 37.3 Å². The average Bonchev–Trinajstić information content (AvgIpc) is 3.07. The van der Waals surface area contributed by atoms with Crippen molar-refractivity contribution in [2.24, 2.45) is 16.5 Å². The summed E-state index contributed by atoms with van der Waals surface area (Å²) in [6, 6.07) is 7.11. The van der Waals surface area contributed by atoms with Gasteiger partial charge in [0, 0.05) is 18.7 Å². The molecular formula is C33H48F2N4O10S. The highest BCUT2D eigenvalue weighted by Gasteiger charge is 2.17. The SMILES string of the molecule is CNCCOCCOCCOCCOCCOCCOCCCS(=O)(=O)c1ccc(Oc2c(F)cc(/C=C(\C)C(=O)N=C(N)N)cc2F)cc1. The van der Waals surface area contributed by atoms with Crippen LogP contribution in [-0.2, 0) is 43.1 Å². The van der Waals surface area contributed by atoms with Gasteiger partial charge in [-0.15, -0.1) is 0 Å². The Balaban J connectivity index is 1.58. The number of likely N-dealkylation sites (N-methyl/N-ethyl adjacent to an activating group) is 1. The Labute approximate surface area is 292 Å². The third-order valence-corrected chi connectivity index (χ3v) is 8.25. The molecule has 0 aliphatic rings. The number of nitrogens with one attached hydrogen (secondary N) is 1. The third-order valence-electron chi connectivity index (χ3n) is 6.43. The Bertz CT molecular complexity index is 1430. The number of nitrogens with zero attached hydrogens (tertiary/aromatic N) is 1. The smallest absolute Gasteiger partial charge is 0.275 e. The molecule has 0 aliphatic carbocycles. The molecule has 0 saturated heterocycles. The minimum Gasteiger partial charge on any atom is -0.451 e. The molecule has 0 bridgehead atoms. The number of halogens is 2. The first kappa shape index (κ1) is 42.6. The number of aliphatic imine (C=N–C) groups is 1. The van der Waals surface area contributed by atoms with Gasteiger partial charge in [0.1, 0.15) is 5.75 Å². The summed E-state index contributed by atoms with van der Waals surface area (Å²) < 4.78 is 92.6. The predicted molar refractivity (Wildman–Crippen MR) is 183 cm³/mol. The molecular weight excluding hydrogens is 682 g/mol. The molecule has 0 saturated carbocycles. The van der Waals surface area contributed by atoms with E-state index in [1.54, 1.807) is 0 Å². The van der Waals surface area contributed by atoms with E-state index in [0.717, 1.165) is 18.7 Å². The highest BCUT2D eigenvalue weighted by Crippen LogP contribution is 2.30. The van der Waals surface area contributed by atoms with Gasteiger partial charge in [-0.1, -0.05) is 0 Å². The van der Waals surface area contributed by atoms with Crippen molar-refractivity contribution in [3.63, 3.8) is 0 Å². The lowest BCUT2D eigenvalue weighted by Crippen LogP contribution is -2.24. The Morgan fingerprint density at radius 2 is 1.24 bits per heavy atom. The molecule has 2 aromatic rings. The fourth-order valence-electron chi connectivity index (χ4n) is 3.96. The lowest BCUT2D eigenvalue weighted by Gasteiger charge is -2.10. The molecule has 0 aromatic heterocycles. The number of hydrogen-bond donors (Lipinski definition) is 3. The van der Waals surface area contributed by atoms with E-state index >= 15 is 0 Å². The number of benzene rings is 2. The molecule has 14 nitrogen and oxygen atoms in total. The molecule has 0 atom stereocenters. The van der Waals surface area contributed by atoms with Crippen molar-refractivity contribution in [1.82, 2.24) is 5.32 Å². The largest absolute Gasteiger partial charge is 0.451 e. The van der Waals surface area contributed by atoms with Gasteiger partial charge in [0.2, 0.25) is 0 Å². The maximum atomic E-state index is 14.7. The van der Waals surface area contributed by atoms with Crippen LogP contribution in [0.2, 0.25) is 0 Å². The van der Waals surface area contributed by atoms with Crippen LogP contribution < -0.4 is 21.5 Å². The van der Waals surface area contributed by atoms with Crippen molar-refractivity contribution < 1.29 is 55.2 Å². The van der Waals surface area contributed by atoms with Gasteiger partial charge in [0.25, 0.3) is 5.91 Å². The van der Waals surface area contributed by atoms with Crippen LogP contribution in [-0.4, -0.2) is 119 Å². The second-order valence-corrected chi connectivity index (χ2v) is 12.6. The highest BCUT2D eigenvalue weighted by atomic mass is 32.2. The molecule has 0 unspecified atom stereocenters. The van der Waals surface area contributed by atoms with Crippen molar-refractivity contribution in [3.05, 3.63) is 59.2 Å². The normalized spacial score (nSPS) is 11.9. The van der Waals surface area contributed by atoms with Crippen LogP contribution in [0.5, 0.6) is 11.5 Å². The van der Waals surface area contributed by atoms with Crippen molar-refractivity contribution in [3.8, 4) is 11.5 Å². The first-order valence-electron chi connectivity index (χ1n) is 16.0. The van der Waals surface area contributed by atoms with Crippen LogP contribution in [0.25, 0.3) is 6.08 Å². The second-order valence-electron chi connectivity index (χ2n) is 10.5. The molecule has 17 heteroatoms. The van der Waals surface area contributed by atoms with Gasteiger partial charge in [-0.05, 0) is 68.4 Å². The van der Waals surface area contributed by atoms with Crippen molar-refractivity contribution in [1.29, 1.82) is 0 Å². The Hall–Kier alpha value is -3.55. The number of amides is 1. The molecule has 2 rings (SSSR count). The summed E-state index contributed by atoms with van der Waals surface area (Å²) in [5, 5.41) is 3.00. The molecule has 50 heavy (non-hydrogen) atoms. The molecule has 0 spiro atoms. The summed E-state index contributed by atoms with van der Waals surface area (Å²) in [4.78, 5) is 15.2. The van der Waals surface area contributed by atoms with E-state index in [1.807, 2.05) is 7.05 Å². The number of carbonyl (C=O) groups is 1. The lowest BCUT2D eigenvalue weighted by molar-refractivity contribution is -0.114. The number of rotatable bonds is 27. The van der Waals surface area contributed by atoms with Crippen LogP contribution in [0.3, 0.4) is 0 Å². The van der Waals surface area contributed by atoms with Gasteiger partial charge < -0.3 is 49.9 Å². The molecule has 0 fully saturated rings. The topological polar surface area (TPSA) is 192 Å². The number of nitrogens with two attached hydrogens (primary N) is 2. The summed E-state index contributed by atoms with van der Waals surface area (Å²) >= 11 is 0. The standard InChI is InChI=1S/C33H48F2N4O10S/c1-25(32(40)39-33(36)37)22-26-23-29(34)31(30(35)24-26)49-27-4-6-28(7-5-27)50(41,42)21-3-9-43-11-13-45-15-17-47-19-20-48-18-16-46-14-12-44-10-8-38-2/h4-7,22-24,38H,3,8-21H2,1-2H3,(H4,36,37,39,40)/b25-22+. The van der Waals surface area contributed by atoms with Gasteiger partial charge in [0.15, 0.2) is 33.2 Å². The van der Waals surface area contributed by atoms with E-state index in [-0.39, 0.29) is 40.6 Å². The molecule has 280 valence electrons. The third kappa shape index (κ3) is 17.9. The van der Waals surface area contributed by atoms with Crippen molar-refractivity contribution in [2.75, 3.05) is 98.6 Å². The number of guanidine groups is 1. The minimum absolute atomic E-state index is 0.0187. The van der Waals surface area contributed by atoms with Gasteiger partial charge in [0.05, 0.1) is 83.3 Å². The maximum Gasteiger partial charge on any atom is 0.275 e. The highest BCUT2D eigenvalue weighted by molar-refractivity contribution is 7.91. The number of sulfone groups is 1. The van der Waals surface area contributed by atoms with E-state index in [0.29, 0.717) is 72.7 Å². The Kier molecular flexibility index (Phi) is 20.9. The van der Waals surface area contributed by atoms with Crippen molar-refractivity contribution >= 4 is 27.8 Å². The lowest BCUT2D eigenvalue weighted by atomic mass is 10.1. The monoisotopic (exact) mass is 730 g/mol. The van der Waals surface area contributed by atoms with E-state index < -0.39 is 39.1 Å². The van der Waals surface area contributed by atoms with Crippen LogP contribution >= 0.6 is 0 Å². The molecule has 0 aliphatic heterocycles. The first-order chi connectivity index (χ1) is 24.0. The zero-order valence-corrected chi connectivity index (χ0v) is 29.3. The second kappa shape index (κ2) is 24.6. The van der Waals surface area contributed by atoms with Gasteiger partial charge in [-0.3, -0.25) is 4.79 Å². The van der Waals surface area contributed by atoms with Gasteiger partial charge in [-0.2, -0.15) is 4.99 Å². The fourth-order valence-corrected chi connectivity index (χ4v) is 5.24. The molecule has 5 N–H and O–H groups in total. The summed E-state index contributed by atoms with van der Waals surface area (Å²) in [5.41, 5.74) is 10.4. The summed E-state index contributed by atoms with van der Waals surface area (Å²) in [6.07, 6.45) is 1.47. The summed E-state index contributed by atoms with van der Waals surface area (Å²) in [5.74, 6) is -4.11. The summed E-state index contributed by atoms with van der Waals surface area (Å²) in [6.45, 7) is 7.45. The van der Waals surface area contributed by atoms with Crippen LogP contribution in [0, 0.1) is 11.6 Å². The van der Waals surface area contributed by atoms with Gasteiger partial charge >= 0.3 is 0 Å². The maximum absolute atomic E-state index is 14.7. The molecule has 2 aromatic carbocycles. The van der Waals surface area contributed by atoms with E-state index in [9.17, 15) is 22.0 Å². The first-order valence-corrected chi connectivity index (χ1v) is 17.6. The molecule has 0 radical (unpaired) electrons. The number of hydrogen-bond acceptors (Lipinski definition) is 11. The van der Waals surface area contributed by atoms with E-state index in [2.05, 4.69) is 10.3 Å². The van der Waals surface area contributed by atoms with Crippen LogP contribution in [0.15, 0.2) is 51.9 Å². The summed E-state index contributed by atoms with van der Waals surface area (Å²) in [7, 11) is -1.77. The fraction of sp³-hybridized carbons (Fsp3) is 0.515. The molecule has 1 amide bonds. The predicted octanol–water partition coefficient (Wildman–Crippen LogP) is 2.44. The van der Waals surface area contributed by atoms with Crippen LogP contribution in [0.4, 0.5) is 8.78 Å². The quantitative estimate of drug-likeness (QED) is 0.0526. The van der Waals surface area contributed by atoms with E-state index in [4.69, 9.17) is 44.6 Å². The minimum atomic E-state index is -3.64. The molecule has 0 heterocycles. The van der Waals surface area contributed by atoms with Crippen molar-refractivity contribution in [2.45, 2.75) is 18.2 Å². The zero-order valence-electron chi connectivity index (χ0n) is 28.5. The number of ether oxygens (including phenoxy) is 7. The average molecular weight is 731 g/mol. The number of carbonyl (C=O) groups excluding carboxylic acids is 1. The Morgan fingerprint density at radius 3 is 1.70 bits per heavy atom.